The number of anilines is 1. The molecule has 0 spiro atoms. The van der Waals surface area contributed by atoms with Crippen LogP contribution < -0.4 is 10.1 Å². The Hall–Kier alpha value is -1.55. The molecule has 1 aliphatic rings. The first kappa shape index (κ1) is 12.5. The average Bonchev–Trinajstić information content (AvgIpc) is 2.43. The molecule has 1 aliphatic heterocycles. The van der Waals surface area contributed by atoms with Crippen LogP contribution in [0.3, 0.4) is 0 Å². The van der Waals surface area contributed by atoms with Crippen LogP contribution in [0.1, 0.15) is 23.6 Å². The molecule has 0 radical (unpaired) electrons. The van der Waals surface area contributed by atoms with Crippen molar-refractivity contribution in [2.75, 3.05) is 11.9 Å². The summed E-state index contributed by atoms with van der Waals surface area (Å²) in [5.41, 5.74) is 2.38. The van der Waals surface area contributed by atoms with Crippen molar-refractivity contribution in [3.8, 4) is 5.75 Å². The summed E-state index contributed by atoms with van der Waals surface area (Å²) in [5.74, 6) is 1.88. The molecule has 0 saturated heterocycles. The van der Waals surface area contributed by atoms with Crippen molar-refractivity contribution in [3.05, 3.63) is 52.1 Å². The number of ether oxygens (including phenoxy) is 1. The molecule has 98 valence electrons. The van der Waals surface area contributed by atoms with E-state index >= 15 is 0 Å². The van der Waals surface area contributed by atoms with Crippen molar-refractivity contribution in [2.45, 2.75) is 19.4 Å². The Bertz CT molecular complexity index is 600. The zero-order chi connectivity index (χ0) is 13.2. The maximum absolute atomic E-state index is 5.67. The number of pyridine rings is 1. The van der Waals surface area contributed by atoms with Gasteiger partial charge in [-0.05, 0) is 40.5 Å². The third-order valence-electron chi connectivity index (χ3n) is 3.33. The third-order valence-corrected chi connectivity index (χ3v) is 4.16. The van der Waals surface area contributed by atoms with Gasteiger partial charge in [0.15, 0.2) is 0 Å². The Morgan fingerprint density at radius 3 is 3.05 bits per heavy atom. The summed E-state index contributed by atoms with van der Waals surface area (Å²) in [6, 6.07) is 10.5. The van der Waals surface area contributed by atoms with Crippen LogP contribution in [0.5, 0.6) is 5.75 Å². The van der Waals surface area contributed by atoms with Crippen LogP contribution in [-0.2, 0) is 0 Å². The molecular weight excluding hydrogens is 304 g/mol. The summed E-state index contributed by atoms with van der Waals surface area (Å²) in [6.45, 7) is 2.80. The van der Waals surface area contributed by atoms with Gasteiger partial charge >= 0.3 is 0 Å². The van der Waals surface area contributed by atoms with Crippen molar-refractivity contribution in [2.24, 2.45) is 0 Å². The minimum atomic E-state index is 0.262. The Kier molecular flexibility index (Phi) is 3.42. The summed E-state index contributed by atoms with van der Waals surface area (Å²) in [4.78, 5) is 4.41. The molecule has 1 atom stereocenters. The molecule has 2 heterocycles. The number of hydrogen-bond donors (Lipinski definition) is 1. The van der Waals surface area contributed by atoms with Gasteiger partial charge < -0.3 is 10.1 Å². The number of aryl methyl sites for hydroxylation is 1. The van der Waals surface area contributed by atoms with Crippen molar-refractivity contribution >= 4 is 21.7 Å². The topological polar surface area (TPSA) is 34.1 Å². The molecule has 2 aromatic rings. The highest BCUT2D eigenvalue weighted by molar-refractivity contribution is 9.10. The van der Waals surface area contributed by atoms with Crippen LogP contribution in [-0.4, -0.2) is 11.6 Å². The van der Waals surface area contributed by atoms with Crippen LogP contribution >= 0.6 is 15.9 Å². The van der Waals surface area contributed by atoms with E-state index in [9.17, 15) is 0 Å². The highest BCUT2D eigenvalue weighted by Gasteiger charge is 2.21. The predicted molar refractivity (Wildman–Crippen MR) is 79.6 cm³/mol. The first-order valence-corrected chi connectivity index (χ1v) is 7.14. The monoisotopic (exact) mass is 318 g/mol. The zero-order valence-corrected chi connectivity index (χ0v) is 12.3. The molecule has 4 heteroatoms. The molecular formula is C15H15BrN2O. The zero-order valence-electron chi connectivity index (χ0n) is 10.7. The van der Waals surface area contributed by atoms with E-state index in [1.54, 1.807) is 0 Å². The van der Waals surface area contributed by atoms with Gasteiger partial charge in [0.1, 0.15) is 11.6 Å². The van der Waals surface area contributed by atoms with E-state index in [0.717, 1.165) is 29.1 Å². The number of hydrogen-bond acceptors (Lipinski definition) is 3. The number of fused-ring (bicyclic) bond motifs is 1. The molecule has 0 amide bonds. The van der Waals surface area contributed by atoms with E-state index in [-0.39, 0.29) is 6.04 Å². The van der Waals surface area contributed by atoms with Crippen LogP contribution in [0.4, 0.5) is 5.82 Å². The van der Waals surface area contributed by atoms with Gasteiger partial charge in [0.05, 0.1) is 12.6 Å². The van der Waals surface area contributed by atoms with Gasteiger partial charge in [0.25, 0.3) is 0 Å². The summed E-state index contributed by atoms with van der Waals surface area (Å²) >= 11 is 3.47. The Labute approximate surface area is 121 Å². The maximum atomic E-state index is 5.67. The summed E-state index contributed by atoms with van der Waals surface area (Å²) in [6.07, 6.45) is 2.79. The molecule has 3 rings (SSSR count). The predicted octanol–water partition coefficient (Wildman–Crippen LogP) is 4.09. The second-order valence-electron chi connectivity index (χ2n) is 4.69. The second-order valence-corrected chi connectivity index (χ2v) is 5.54. The van der Waals surface area contributed by atoms with Gasteiger partial charge in [-0.15, -0.1) is 0 Å². The lowest BCUT2D eigenvalue weighted by Crippen LogP contribution is -2.20. The first-order chi connectivity index (χ1) is 9.24. The summed E-state index contributed by atoms with van der Waals surface area (Å²) in [7, 11) is 0. The van der Waals surface area contributed by atoms with Crippen LogP contribution in [0.15, 0.2) is 41.0 Å². The molecule has 1 unspecified atom stereocenters. The Morgan fingerprint density at radius 2 is 2.21 bits per heavy atom. The maximum Gasteiger partial charge on any atom is 0.126 e. The fraction of sp³-hybridized carbons (Fsp3) is 0.267. The minimum Gasteiger partial charge on any atom is -0.493 e. The number of nitrogens with zero attached hydrogens (tertiary/aromatic N) is 1. The smallest absolute Gasteiger partial charge is 0.126 e. The SMILES string of the molecule is Cc1cc(NC2CCOc3ccccc32)ncc1Br. The Balaban J connectivity index is 1.86. The van der Waals surface area contributed by atoms with E-state index in [1.807, 2.05) is 24.4 Å². The lowest BCUT2D eigenvalue weighted by atomic mass is 10.0. The van der Waals surface area contributed by atoms with E-state index < -0.39 is 0 Å². The standard InChI is InChI=1S/C15H15BrN2O/c1-10-8-15(17-9-12(10)16)18-13-6-7-19-14-5-3-2-4-11(13)14/h2-5,8-9,13H,6-7H2,1H3,(H,17,18). The normalized spacial score (nSPS) is 17.5. The largest absolute Gasteiger partial charge is 0.493 e. The van der Waals surface area contributed by atoms with E-state index in [1.165, 1.54) is 11.1 Å². The Morgan fingerprint density at radius 1 is 1.37 bits per heavy atom. The highest BCUT2D eigenvalue weighted by Crippen LogP contribution is 2.33. The van der Waals surface area contributed by atoms with Gasteiger partial charge in [-0.3, -0.25) is 0 Å². The molecule has 0 bridgehead atoms. The lowest BCUT2D eigenvalue weighted by Gasteiger charge is -2.27. The van der Waals surface area contributed by atoms with Gasteiger partial charge in [0, 0.05) is 22.7 Å². The molecule has 1 aromatic carbocycles. The summed E-state index contributed by atoms with van der Waals surface area (Å²) in [5, 5.41) is 3.49. The lowest BCUT2D eigenvalue weighted by molar-refractivity contribution is 0.274. The number of benzene rings is 1. The molecule has 0 saturated carbocycles. The van der Waals surface area contributed by atoms with Crippen molar-refractivity contribution in [3.63, 3.8) is 0 Å². The average molecular weight is 319 g/mol. The number of para-hydroxylation sites is 1. The van der Waals surface area contributed by atoms with E-state index in [2.05, 4.69) is 45.3 Å². The van der Waals surface area contributed by atoms with E-state index in [4.69, 9.17) is 4.74 Å². The van der Waals surface area contributed by atoms with Crippen molar-refractivity contribution < 1.29 is 4.74 Å². The number of aromatic nitrogens is 1. The molecule has 3 nitrogen and oxygen atoms in total. The van der Waals surface area contributed by atoms with Crippen molar-refractivity contribution in [1.82, 2.24) is 4.98 Å². The third kappa shape index (κ3) is 2.59. The molecule has 1 aromatic heterocycles. The van der Waals surface area contributed by atoms with Gasteiger partial charge in [-0.25, -0.2) is 4.98 Å². The molecule has 0 fully saturated rings. The number of rotatable bonds is 2. The van der Waals surface area contributed by atoms with Gasteiger partial charge in [0.2, 0.25) is 0 Å². The minimum absolute atomic E-state index is 0.262. The fourth-order valence-electron chi connectivity index (χ4n) is 2.29. The van der Waals surface area contributed by atoms with Crippen molar-refractivity contribution in [1.29, 1.82) is 0 Å². The summed E-state index contributed by atoms with van der Waals surface area (Å²) < 4.78 is 6.70. The molecule has 19 heavy (non-hydrogen) atoms. The number of halogens is 1. The van der Waals surface area contributed by atoms with Gasteiger partial charge in [-0.2, -0.15) is 0 Å². The first-order valence-electron chi connectivity index (χ1n) is 6.34. The van der Waals surface area contributed by atoms with Gasteiger partial charge in [-0.1, -0.05) is 18.2 Å². The second kappa shape index (κ2) is 5.21. The quantitative estimate of drug-likeness (QED) is 0.905. The fourth-order valence-corrected chi connectivity index (χ4v) is 2.51. The van der Waals surface area contributed by atoms with E-state index in [0.29, 0.717) is 0 Å². The van der Waals surface area contributed by atoms with Crippen LogP contribution in [0.2, 0.25) is 0 Å². The molecule has 1 N–H and O–H groups in total. The van der Waals surface area contributed by atoms with Crippen LogP contribution in [0, 0.1) is 6.92 Å². The number of nitrogens with one attached hydrogen (secondary N) is 1. The molecule has 0 aliphatic carbocycles. The highest BCUT2D eigenvalue weighted by atomic mass is 79.9. The van der Waals surface area contributed by atoms with Crippen LogP contribution in [0.25, 0.3) is 0 Å².